The molecule has 0 aromatic carbocycles. The molecule has 7 nitrogen and oxygen atoms in total. The number of ether oxygens (including phenoxy) is 2. The molecule has 3 rings (SSSR count). The van der Waals surface area contributed by atoms with Gasteiger partial charge in [-0.05, 0) is 0 Å². The summed E-state index contributed by atoms with van der Waals surface area (Å²) in [6, 6.07) is 0. The van der Waals surface area contributed by atoms with Crippen LogP contribution in [0.5, 0.6) is 0 Å². The lowest BCUT2D eigenvalue weighted by molar-refractivity contribution is -0.0921. The summed E-state index contributed by atoms with van der Waals surface area (Å²) < 4.78 is 10.9. The van der Waals surface area contributed by atoms with E-state index in [1.54, 1.807) is 11.1 Å². The normalized spacial score (nSPS) is 39.3. The minimum atomic E-state index is -0.960. The Morgan fingerprint density at radius 2 is 2.18 bits per heavy atom. The van der Waals surface area contributed by atoms with Gasteiger partial charge in [0.2, 0.25) is 0 Å². The van der Waals surface area contributed by atoms with Gasteiger partial charge in [-0.15, -0.1) is 24.0 Å². The van der Waals surface area contributed by atoms with E-state index in [2.05, 4.69) is 4.99 Å². The molecule has 0 spiro atoms. The summed E-state index contributed by atoms with van der Waals surface area (Å²) in [6.07, 6.45) is -1.36. The van der Waals surface area contributed by atoms with Crippen LogP contribution in [0.25, 0.3) is 0 Å². The highest BCUT2D eigenvalue weighted by molar-refractivity contribution is 14.0. The highest BCUT2D eigenvalue weighted by Crippen LogP contribution is 2.28. The summed E-state index contributed by atoms with van der Waals surface area (Å²) in [7, 11) is 0. The van der Waals surface area contributed by atoms with E-state index in [0.717, 1.165) is 0 Å². The molecule has 0 aromatic rings. The van der Waals surface area contributed by atoms with Crippen LogP contribution in [0, 0.1) is 0 Å². The smallest absolute Gasteiger partial charge is 0.177 e. The van der Waals surface area contributed by atoms with Gasteiger partial charge in [-0.3, -0.25) is 0 Å². The fraction of sp³-hybridized carbons (Fsp3) is 0.667. The van der Waals surface area contributed by atoms with Gasteiger partial charge in [0.1, 0.15) is 31.6 Å². The number of fused-ring (bicyclic) bond motifs is 4. The lowest BCUT2D eigenvalue weighted by Gasteiger charge is -2.32. The van der Waals surface area contributed by atoms with Crippen LogP contribution in [0.1, 0.15) is 0 Å². The zero-order valence-electron chi connectivity index (χ0n) is 8.89. The summed E-state index contributed by atoms with van der Waals surface area (Å²) in [5.74, 6) is 0.798. The van der Waals surface area contributed by atoms with Crippen molar-refractivity contribution in [3.05, 3.63) is 12.0 Å². The molecule has 8 heteroatoms. The molecule has 0 amide bonds. The van der Waals surface area contributed by atoms with Crippen molar-refractivity contribution in [3.8, 4) is 0 Å². The number of aliphatic hydroxyl groups is 2. The van der Waals surface area contributed by atoms with Crippen molar-refractivity contribution in [3.63, 3.8) is 0 Å². The lowest BCUT2D eigenvalue weighted by Crippen LogP contribution is -2.44. The fourth-order valence-corrected chi connectivity index (χ4v) is 2.07. The maximum Gasteiger partial charge on any atom is 0.177 e. The maximum atomic E-state index is 9.81. The molecule has 3 heterocycles. The van der Waals surface area contributed by atoms with Gasteiger partial charge in [-0.2, -0.15) is 0 Å². The van der Waals surface area contributed by atoms with E-state index in [9.17, 15) is 10.2 Å². The largest absolute Gasteiger partial charge is 0.485 e. The van der Waals surface area contributed by atoms with Gasteiger partial charge in [-0.25, -0.2) is 4.99 Å². The first-order chi connectivity index (χ1) is 7.66. The first kappa shape index (κ1) is 12.9. The Bertz CT molecular complexity index is 375. The first-order valence-electron chi connectivity index (χ1n) is 5.09. The predicted octanol–water partition coefficient (Wildman–Crippen LogP) is -1.45. The molecule has 1 saturated heterocycles. The van der Waals surface area contributed by atoms with Crippen molar-refractivity contribution in [2.24, 2.45) is 10.7 Å². The van der Waals surface area contributed by atoms with Crippen LogP contribution in [-0.2, 0) is 9.47 Å². The van der Waals surface area contributed by atoms with Crippen LogP contribution in [0.3, 0.4) is 0 Å². The third kappa shape index (κ3) is 1.98. The fourth-order valence-electron chi connectivity index (χ4n) is 2.07. The SMILES string of the molecule is I.NC1=NCN2C=C1OC[C@H]1OC2[C@H](O)[C@@H]1O. The molecule has 4 atom stereocenters. The van der Waals surface area contributed by atoms with Crippen molar-refractivity contribution in [2.45, 2.75) is 24.5 Å². The Morgan fingerprint density at radius 1 is 1.41 bits per heavy atom. The monoisotopic (exact) mass is 355 g/mol. The molecular formula is C9H14IN3O4. The third-order valence-electron chi connectivity index (χ3n) is 3.01. The number of aliphatic imine (C=N–C) groups is 1. The second-order valence-electron chi connectivity index (χ2n) is 4.05. The molecule has 96 valence electrons. The minimum Gasteiger partial charge on any atom is -0.485 e. The zero-order chi connectivity index (χ0) is 11.3. The van der Waals surface area contributed by atoms with Gasteiger partial charge in [0, 0.05) is 6.20 Å². The second-order valence-corrected chi connectivity index (χ2v) is 4.05. The molecule has 0 saturated carbocycles. The van der Waals surface area contributed by atoms with Crippen molar-refractivity contribution in [2.75, 3.05) is 13.3 Å². The van der Waals surface area contributed by atoms with Gasteiger partial charge < -0.3 is 30.3 Å². The summed E-state index contributed by atoms with van der Waals surface area (Å²) >= 11 is 0. The molecular weight excluding hydrogens is 341 g/mol. The Hall–Kier alpha value is -0.580. The van der Waals surface area contributed by atoms with E-state index in [1.165, 1.54) is 0 Å². The van der Waals surface area contributed by atoms with E-state index in [4.69, 9.17) is 15.2 Å². The van der Waals surface area contributed by atoms with Gasteiger partial charge in [0.25, 0.3) is 0 Å². The summed E-state index contributed by atoms with van der Waals surface area (Å²) in [5, 5.41) is 19.5. The molecule has 1 fully saturated rings. The lowest BCUT2D eigenvalue weighted by atomic mass is 10.1. The molecule has 4 N–H and O–H groups in total. The summed E-state index contributed by atoms with van der Waals surface area (Å²) in [4.78, 5) is 5.71. The molecule has 4 bridgehead atoms. The van der Waals surface area contributed by atoms with Gasteiger partial charge in [0.05, 0.1) is 0 Å². The predicted molar refractivity (Wildman–Crippen MR) is 68.5 cm³/mol. The second kappa shape index (κ2) is 4.59. The van der Waals surface area contributed by atoms with E-state index in [0.29, 0.717) is 18.3 Å². The van der Waals surface area contributed by atoms with Crippen molar-refractivity contribution < 1.29 is 19.7 Å². The molecule has 3 aliphatic heterocycles. The number of aliphatic hydroxyl groups excluding tert-OH is 2. The number of nitrogens with zero attached hydrogens (tertiary/aromatic N) is 2. The molecule has 0 aromatic heterocycles. The quantitative estimate of drug-likeness (QED) is 0.460. The number of amidine groups is 1. The van der Waals surface area contributed by atoms with Crippen LogP contribution >= 0.6 is 24.0 Å². The maximum absolute atomic E-state index is 9.81. The topological polar surface area (TPSA) is 101 Å². The van der Waals surface area contributed by atoms with Gasteiger partial charge in [-0.1, -0.05) is 0 Å². The van der Waals surface area contributed by atoms with Crippen LogP contribution in [-0.4, -0.2) is 58.8 Å². The third-order valence-corrected chi connectivity index (χ3v) is 3.01. The van der Waals surface area contributed by atoms with E-state index in [1.807, 2.05) is 0 Å². The van der Waals surface area contributed by atoms with E-state index in [-0.39, 0.29) is 30.6 Å². The van der Waals surface area contributed by atoms with Crippen LogP contribution in [0.2, 0.25) is 0 Å². The summed E-state index contributed by atoms with van der Waals surface area (Å²) in [6.45, 7) is 0.449. The molecule has 17 heavy (non-hydrogen) atoms. The Labute approximate surface area is 115 Å². The van der Waals surface area contributed by atoms with E-state index >= 15 is 0 Å². The van der Waals surface area contributed by atoms with Crippen molar-refractivity contribution in [1.82, 2.24) is 4.90 Å². The average molecular weight is 355 g/mol. The van der Waals surface area contributed by atoms with Gasteiger partial charge in [0.15, 0.2) is 17.8 Å². The average Bonchev–Trinajstić information content (AvgIpc) is 2.54. The highest BCUT2D eigenvalue weighted by atomic mass is 127. The number of nitrogens with two attached hydrogens (primary N) is 1. The Morgan fingerprint density at radius 3 is 2.94 bits per heavy atom. The van der Waals surface area contributed by atoms with E-state index < -0.39 is 24.5 Å². The minimum absolute atomic E-state index is 0. The first-order valence-corrected chi connectivity index (χ1v) is 5.09. The van der Waals surface area contributed by atoms with Crippen LogP contribution in [0.15, 0.2) is 17.0 Å². The Balaban J connectivity index is 0.00000108. The molecule has 0 aliphatic carbocycles. The molecule has 1 unspecified atom stereocenters. The number of hydrogen-bond acceptors (Lipinski definition) is 7. The zero-order valence-corrected chi connectivity index (χ0v) is 11.2. The number of rotatable bonds is 0. The van der Waals surface area contributed by atoms with Crippen molar-refractivity contribution in [1.29, 1.82) is 0 Å². The Kier molecular flexibility index (Phi) is 3.48. The van der Waals surface area contributed by atoms with Crippen LogP contribution in [0.4, 0.5) is 0 Å². The summed E-state index contributed by atoms with van der Waals surface area (Å²) in [5.41, 5.74) is 5.65. The van der Waals surface area contributed by atoms with Crippen LogP contribution < -0.4 is 5.73 Å². The number of hydrogen-bond donors (Lipinski definition) is 3. The van der Waals surface area contributed by atoms with Gasteiger partial charge >= 0.3 is 0 Å². The number of halogens is 1. The molecule has 0 radical (unpaired) electrons. The standard InChI is InChI=1S/C9H13N3O4.HI/c10-8-4-1-12(3-11-8)9-7(14)6(13)5(16-9)2-15-4;/h1,5-7,9,13-14H,2-3H2,(H2,10,11);1H/t5-,6-,7-,9?;/m1./s1. The molecule has 3 aliphatic rings. The van der Waals surface area contributed by atoms with Crippen molar-refractivity contribution >= 4 is 29.8 Å². The highest BCUT2D eigenvalue weighted by Gasteiger charge is 2.47.